The number of carbonyl (C=O) groups excluding carboxylic acids is 1. The van der Waals surface area contributed by atoms with E-state index in [1.165, 1.54) is 28.2 Å². The van der Waals surface area contributed by atoms with Gasteiger partial charge in [0.15, 0.2) is 5.49 Å². The zero-order chi connectivity index (χ0) is 21.4. The number of nitrogens with zero attached hydrogens (tertiary/aromatic N) is 3. The summed E-state index contributed by atoms with van der Waals surface area (Å²) in [7, 11) is 0. The van der Waals surface area contributed by atoms with Gasteiger partial charge in [0.05, 0.1) is 5.22 Å². The molecule has 0 radical (unpaired) electrons. The number of hydrogen-bond donors (Lipinski definition) is 2. The van der Waals surface area contributed by atoms with Crippen LogP contribution in [-0.4, -0.2) is 38.7 Å². The number of amides is 1. The molecule has 31 heavy (non-hydrogen) atoms. The highest BCUT2D eigenvalue weighted by Gasteiger charge is 2.17. The third-order valence-corrected chi connectivity index (χ3v) is 6.05. The van der Waals surface area contributed by atoms with Gasteiger partial charge >= 0.3 is 0 Å². The van der Waals surface area contributed by atoms with Gasteiger partial charge < -0.3 is 9.32 Å². The van der Waals surface area contributed by atoms with Crippen molar-refractivity contribution in [3.63, 3.8) is 0 Å². The Bertz CT molecular complexity index is 1460. The van der Waals surface area contributed by atoms with E-state index in [1.807, 2.05) is 36.4 Å². The summed E-state index contributed by atoms with van der Waals surface area (Å²) in [6, 6.07) is 13.2. The van der Waals surface area contributed by atoms with Crippen molar-refractivity contribution in [3.8, 4) is 16.5 Å². The summed E-state index contributed by atoms with van der Waals surface area (Å²) in [6.45, 7) is 1.51. The fourth-order valence-electron chi connectivity index (χ4n) is 3.58. The van der Waals surface area contributed by atoms with Crippen LogP contribution >= 0.6 is 11.3 Å². The number of nitrogens with one attached hydrogen (secondary N) is 2. The fourth-order valence-corrected chi connectivity index (χ4v) is 4.43. The second-order valence-electron chi connectivity index (χ2n) is 7.26. The van der Waals surface area contributed by atoms with Crippen molar-refractivity contribution in [3.05, 3.63) is 73.9 Å². The second kappa shape index (κ2) is 7.84. The van der Waals surface area contributed by atoms with Crippen LogP contribution in [0.3, 0.4) is 0 Å². The molecule has 0 saturated carbocycles. The van der Waals surface area contributed by atoms with Crippen molar-refractivity contribution in [2.45, 2.75) is 12.8 Å². The van der Waals surface area contributed by atoms with E-state index in [9.17, 15) is 9.59 Å². The standard InChI is InChI=1S/C22H19N5O3S/c23-20-16(12-15-8-9-17(30-15)14-6-2-1-3-7-14)21(29)24-22-27(20)25-18(31-22)13-19(28)26-10-4-5-11-26/h1-3,6-9,12-13,23,25H,4-5,10-11H2/b16-12-,18-13+,23-20?. The molecular weight excluding hydrogens is 414 g/mol. The average molecular weight is 433 g/mol. The van der Waals surface area contributed by atoms with Gasteiger partial charge in [-0.2, -0.15) is 4.98 Å². The number of fused-ring (bicyclic) bond motifs is 1. The van der Waals surface area contributed by atoms with Crippen molar-refractivity contribution in [1.82, 2.24) is 19.7 Å². The highest BCUT2D eigenvalue weighted by atomic mass is 32.1. The third kappa shape index (κ3) is 3.75. The first-order chi connectivity index (χ1) is 15.1. The predicted molar refractivity (Wildman–Crippen MR) is 116 cm³/mol. The summed E-state index contributed by atoms with van der Waals surface area (Å²) in [5, 5.41) is 11.9. The van der Waals surface area contributed by atoms with Crippen LogP contribution in [0.4, 0.5) is 0 Å². The van der Waals surface area contributed by atoms with E-state index in [4.69, 9.17) is 9.83 Å². The smallest absolute Gasteiger partial charge is 0.283 e. The van der Waals surface area contributed by atoms with Crippen LogP contribution in [0, 0.1) is 5.41 Å². The first-order valence-electron chi connectivity index (χ1n) is 9.92. The van der Waals surface area contributed by atoms with Crippen molar-refractivity contribution >= 4 is 29.4 Å². The normalized spacial score (nSPS) is 15.3. The number of furan rings is 1. The topological polar surface area (TPSA) is 108 Å². The number of benzene rings is 1. The van der Waals surface area contributed by atoms with Gasteiger partial charge in [0.25, 0.3) is 5.56 Å². The minimum atomic E-state index is -0.518. The molecule has 1 saturated heterocycles. The van der Waals surface area contributed by atoms with E-state index in [0.717, 1.165) is 31.5 Å². The number of likely N-dealkylation sites (tertiary alicyclic amines) is 1. The molecule has 2 N–H and O–H groups in total. The molecule has 1 aromatic heterocycles. The molecule has 3 aliphatic rings. The molecule has 156 valence electrons. The maximum absolute atomic E-state index is 12.6. The van der Waals surface area contributed by atoms with Crippen LogP contribution in [0.15, 0.2) is 51.7 Å². The summed E-state index contributed by atoms with van der Waals surface area (Å²) < 4.78 is 7.78. The summed E-state index contributed by atoms with van der Waals surface area (Å²) in [6.07, 6.45) is 5.04. The molecule has 3 aliphatic heterocycles. The summed E-state index contributed by atoms with van der Waals surface area (Å²) in [5.41, 5.74) is 0.361. The number of aromatic nitrogens is 3. The molecule has 1 fully saturated rings. The SMILES string of the molecule is N=c1/c(=C/c2ccc(-c3ccccc3)o2)c(=O)nc2s/c(=C/C(=O)N3CCCC3)[nH]n1-2. The highest BCUT2D eigenvalue weighted by Crippen LogP contribution is 2.21. The molecule has 9 heteroatoms. The molecule has 0 aliphatic carbocycles. The molecule has 0 atom stereocenters. The van der Waals surface area contributed by atoms with Gasteiger partial charge in [-0.05, 0) is 31.1 Å². The largest absolute Gasteiger partial charge is 0.457 e. The minimum Gasteiger partial charge on any atom is -0.457 e. The highest BCUT2D eigenvalue weighted by molar-refractivity contribution is 7.11. The fraction of sp³-hybridized carbons (Fsp3) is 0.182. The number of hydrogen-bond acceptors (Lipinski definition) is 6. The number of aromatic amines is 1. The third-order valence-electron chi connectivity index (χ3n) is 5.16. The van der Waals surface area contributed by atoms with Gasteiger partial charge in [-0.3, -0.25) is 20.1 Å². The lowest BCUT2D eigenvalue weighted by atomic mass is 10.2. The van der Waals surface area contributed by atoms with E-state index >= 15 is 0 Å². The molecule has 0 bridgehead atoms. The molecular formula is C22H19N5O3S. The molecule has 2 aromatic rings. The van der Waals surface area contributed by atoms with Gasteiger partial charge in [-0.1, -0.05) is 41.7 Å². The molecule has 1 amide bonds. The van der Waals surface area contributed by atoms with Crippen molar-refractivity contribution in [2.24, 2.45) is 0 Å². The van der Waals surface area contributed by atoms with Crippen LogP contribution in [0.1, 0.15) is 18.6 Å². The Labute approximate surface area is 180 Å². The van der Waals surface area contributed by atoms with Crippen molar-refractivity contribution in [1.29, 1.82) is 5.41 Å². The lowest BCUT2D eigenvalue weighted by Crippen LogP contribution is -2.47. The molecule has 5 rings (SSSR count). The second-order valence-corrected chi connectivity index (χ2v) is 8.27. The zero-order valence-electron chi connectivity index (χ0n) is 16.5. The first kappa shape index (κ1) is 19.3. The van der Waals surface area contributed by atoms with E-state index in [0.29, 0.717) is 21.3 Å². The first-order valence-corrected chi connectivity index (χ1v) is 10.7. The Kier molecular flexibility index (Phi) is 4.87. The van der Waals surface area contributed by atoms with Gasteiger partial charge in [-0.25, -0.2) is 4.68 Å². The van der Waals surface area contributed by atoms with Crippen LogP contribution < -0.4 is 20.9 Å². The Balaban J connectivity index is 1.55. The maximum Gasteiger partial charge on any atom is 0.283 e. The number of carbonyl (C=O) groups is 1. The van der Waals surface area contributed by atoms with Crippen molar-refractivity contribution in [2.75, 3.05) is 13.1 Å². The maximum atomic E-state index is 12.6. The van der Waals surface area contributed by atoms with E-state index in [2.05, 4.69) is 10.1 Å². The summed E-state index contributed by atoms with van der Waals surface area (Å²) >= 11 is 1.17. The van der Waals surface area contributed by atoms with E-state index < -0.39 is 5.56 Å². The lowest BCUT2D eigenvalue weighted by Gasteiger charge is -2.10. The van der Waals surface area contributed by atoms with Gasteiger partial charge in [-0.15, -0.1) is 0 Å². The zero-order valence-corrected chi connectivity index (χ0v) is 17.3. The minimum absolute atomic E-state index is 0.0443. The van der Waals surface area contributed by atoms with Crippen LogP contribution in [-0.2, 0) is 4.79 Å². The van der Waals surface area contributed by atoms with Crippen LogP contribution in [0.25, 0.3) is 28.6 Å². The van der Waals surface area contributed by atoms with Crippen LogP contribution in [0.5, 0.6) is 0 Å². The summed E-state index contributed by atoms with van der Waals surface area (Å²) in [5.74, 6) is 1.05. The predicted octanol–water partition coefficient (Wildman–Crippen LogP) is 1.03. The Morgan fingerprint density at radius 3 is 2.71 bits per heavy atom. The Morgan fingerprint density at radius 2 is 1.94 bits per heavy atom. The van der Waals surface area contributed by atoms with E-state index in [-0.39, 0.29) is 16.6 Å². The molecule has 1 aromatic carbocycles. The quantitative estimate of drug-likeness (QED) is 0.503. The Hall–Kier alpha value is -3.72. The van der Waals surface area contributed by atoms with Crippen LogP contribution in [0.2, 0.25) is 0 Å². The monoisotopic (exact) mass is 433 g/mol. The molecule has 0 spiro atoms. The Morgan fingerprint density at radius 1 is 1.16 bits per heavy atom. The molecule has 8 nitrogen and oxygen atoms in total. The number of H-pyrrole nitrogens is 1. The average Bonchev–Trinajstić information content (AvgIpc) is 3.52. The molecule has 4 heterocycles. The van der Waals surface area contributed by atoms with Gasteiger partial charge in [0.2, 0.25) is 11.0 Å². The van der Waals surface area contributed by atoms with E-state index in [1.54, 1.807) is 11.0 Å². The van der Waals surface area contributed by atoms with Crippen molar-refractivity contribution < 1.29 is 9.21 Å². The lowest BCUT2D eigenvalue weighted by molar-refractivity contribution is -0.123. The van der Waals surface area contributed by atoms with Gasteiger partial charge in [0, 0.05) is 24.7 Å². The number of rotatable bonds is 3. The molecule has 0 unspecified atom stereocenters. The van der Waals surface area contributed by atoms with Gasteiger partial charge in [0.1, 0.15) is 16.2 Å². The summed E-state index contributed by atoms with van der Waals surface area (Å²) in [4.78, 5) is 30.8.